The van der Waals surface area contributed by atoms with E-state index in [1.54, 1.807) is 13.2 Å². The molecule has 1 aromatic rings. The summed E-state index contributed by atoms with van der Waals surface area (Å²) in [6.07, 6.45) is 3.37. The van der Waals surface area contributed by atoms with Gasteiger partial charge in [0.15, 0.2) is 0 Å². The number of nitrogens with zero attached hydrogens (tertiary/aromatic N) is 3. The van der Waals surface area contributed by atoms with Crippen LogP contribution >= 0.6 is 0 Å². The van der Waals surface area contributed by atoms with Gasteiger partial charge in [-0.15, -0.1) is 0 Å². The van der Waals surface area contributed by atoms with E-state index in [2.05, 4.69) is 4.90 Å². The normalized spacial score (nSPS) is 14.7. The van der Waals surface area contributed by atoms with E-state index < -0.39 is 0 Å². The Morgan fingerprint density at radius 1 is 1.14 bits per heavy atom. The molecule has 0 unspecified atom stereocenters. The summed E-state index contributed by atoms with van der Waals surface area (Å²) in [4.78, 5) is 2.19. The molecule has 1 aliphatic heterocycles. The van der Waals surface area contributed by atoms with Crippen LogP contribution in [0, 0.1) is 22.7 Å². The lowest BCUT2D eigenvalue weighted by molar-refractivity contribution is 0.0639. The number of nitriles is 2. The molecule has 1 aliphatic rings. The molecule has 0 amide bonds. The van der Waals surface area contributed by atoms with Crippen LogP contribution in [0.2, 0.25) is 0 Å². The zero-order valence-electron chi connectivity index (χ0n) is 12.5. The van der Waals surface area contributed by atoms with Crippen molar-refractivity contribution in [1.82, 2.24) is 4.90 Å². The molecule has 0 radical (unpaired) electrons. The maximum atomic E-state index is 8.87. The molecule has 0 atom stereocenters. The first-order valence-electron chi connectivity index (χ1n) is 6.98. The molecule has 112 valence electrons. The van der Waals surface area contributed by atoms with Crippen LogP contribution in [-0.4, -0.2) is 38.3 Å². The highest BCUT2D eigenvalue weighted by Crippen LogP contribution is 2.23. The maximum Gasteiger partial charge on any atom is 0.129 e. The fourth-order valence-corrected chi connectivity index (χ4v) is 2.21. The van der Waals surface area contributed by atoms with Crippen molar-refractivity contribution in [1.29, 1.82) is 10.5 Å². The number of morpholine rings is 1. The molecule has 5 nitrogen and oxygen atoms in total. The number of hydrogen-bond donors (Lipinski definition) is 0. The van der Waals surface area contributed by atoms with Crippen LogP contribution in [0.3, 0.4) is 0 Å². The summed E-state index contributed by atoms with van der Waals surface area (Å²) in [5, 5.41) is 17.7. The van der Waals surface area contributed by atoms with Gasteiger partial charge in [0, 0.05) is 18.8 Å². The minimum Gasteiger partial charge on any atom is -0.497 e. The van der Waals surface area contributed by atoms with Crippen molar-refractivity contribution in [2.24, 2.45) is 0 Å². The van der Waals surface area contributed by atoms with E-state index in [0.717, 1.165) is 30.1 Å². The molecule has 1 aromatic carbocycles. The van der Waals surface area contributed by atoms with Gasteiger partial charge in [0.25, 0.3) is 0 Å². The number of methoxy groups -OCH3 is 1. The molecule has 1 heterocycles. The first-order chi connectivity index (χ1) is 10.8. The Hall–Kier alpha value is -2.76. The lowest BCUT2D eigenvalue weighted by atomic mass is 10.1. The van der Waals surface area contributed by atoms with Crippen LogP contribution in [0.5, 0.6) is 5.75 Å². The van der Waals surface area contributed by atoms with Crippen LogP contribution in [0.4, 0.5) is 0 Å². The summed E-state index contributed by atoms with van der Waals surface area (Å²) in [7, 11) is 1.63. The van der Waals surface area contributed by atoms with E-state index in [0.29, 0.717) is 13.2 Å². The summed E-state index contributed by atoms with van der Waals surface area (Å²) in [5.74, 6) is 0.787. The number of allylic oxidation sites excluding steroid dienone is 3. The van der Waals surface area contributed by atoms with E-state index in [1.807, 2.05) is 42.5 Å². The second kappa shape index (κ2) is 7.87. The Bertz CT molecular complexity index is 626. The van der Waals surface area contributed by atoms with E-state index >= 15 is 0 Å². The zero-order valence-corrected chi connectivity index (χ0v) is 12.5. The Morgan fingerprint density at radius 2 is 1.77 bits per heavy atom. The molecular weight excluding hydrogens is 278 g/mol. The van der Waals surface area contributed by atoms with Gasteiger partial charge in [-0.2, -0.15) is 10.5 Å². The Morgan fingerprint density at radius 3 is 2.32 bits per heavy atom. The largest absolute Gasteiger partial charge is 0.497 e. The summed E-state index contributed by atoms with van der Waals surface area (Å²) < 4.78 is 10.6. The third-order valence-corrected chi connectivity index (χ3v) is 3.39. The van der Waals surface area contributed by atoms with Crippen LogP contribution in [-0.2, 0) is 4.74 Å². The van der Waals surface area contributed by atoms with Gasteiger partial charge in [-0.25, -0.2) is 0 Å². The summed E-state index contributed by atoms with van der Waals surface area (Å²) in [6.45, 7) is 2.89. The molecular formula is C17H17N3O2. The van der Waals surface area contributed by atoms with Gasteiger partial charge < -0.3 is 14.4 Å². The Labute approximate surface area is 130 Å². The summed E-state index contributed by atoms with van der Waals surface area (Å²) >= 11 is 0. The van der Waals surface area contributed by atoms with Crippen molar-refractivity contribution in [3.05, 3.63) is 47.6 Å². The van der Waals surface area contributed by atoms with Gasteiger partial charge in [-0.05, 0) is 42.0 Å². The molecule has 0 spiro atoms. The standard InChI is InChI=1S/C17H17N3O2/c1-21-16-5-3-15(4-6-16)17(7-2-14(12-18)13-19)20-8-10-22-11-9-20/h2-7H,8-11H2,1H3/b17-7-. The number of hydrogen-bond acceptors (Lipinski definition) is 5. The molecule has 0 N–H and O–H groups in total. The third kappa shape index (κ3) is 3.88. The number of ether oxygens (including phenoxy) is 2. The molecule has 5 heteroatoms. The Balaban J connectivity index is 2.36. The molecule has 0 aliphatic carbocycles. The maximum absolute atomic E-state index is 8.87. The highest BCUT2D eigenvalue weighted by atomic mass is 16.5. The van der Waals surface area contributed by atoms with Gasteiger partial charge in [0.2, 0.25) is 0 Å². The Kier molecular flexibility index (Phi) is 5.59. The summed E-state index contributed by atoms with van der Waals surface area (Å²) in [6, 6.07) is 11.5. The zero-order chi connectivity index (χ0) is 15.8. The SMILES string of the molecule is COc1ccc(/C(=C/C=C(C#N)C#N)N2CCOCC2)cc1. The highest BCUT2D eigenvalue weighted by Gasteiger charge is 2.15. The van der Waals surface area contributed by atoms with Gasteiger partial charge in [-0.1, -0.05) is 0 Å². The molecule has 22 heavy (non-hydrogen) atoms. The topological polar surface area (TPSA) is 69.3 Å². The van der Waals surface area contributed by atoms with Crippen molar-refractivity contribution in [2.45, 2.75) is 0 Å². The summed E-state index contributed by atoms with van der Waals surface area (Å²) in [5.41, 5.74) is 2.06. The van der Waals surface area contributed by atoms with Crippen molar-refractivity contribution in [2.75, 3.05) is 33.4 Å². The fraction of sp³-hybridized carbons (Fsp3) is 0.294. The lowest BCUT2D eigenvalue weighted by Crippen LogP contribution is -2.34. The van der Waals surface area contributed by atoms with Crippen molar-refractivity contribution in [3.63, 3.8) is 0 Å². The first-order valence-corrected chi connectivity index (χ1v) is 6.98. The fourth-order valence-electron chi connectivity index (χ4n) is 2.21. The van der Waals surface area contributed by atoms with E-state index in [4.69, 9.17) is 20.0 Å². The molecule has 1 fully saturated rings. The second-order valence-corrected chi connectivity index (χ2v) is 4.68. The first kappa shape index (κ1) is 15.6. The van der Waals surface area contributed by atoms with Crippen LogP contribution in [0.25, 0.3) is 5.70 Å². The van der Waals surface area contributed by atoms with Gasteiger partial charge in [0.1, 0.15) is 23.5 Å². The molecule has 0 bridgehead atoms. The molecule has 0 saturated carbocycles. The molecule has 0 aromatic heterocycles. The van der Waals surface area contributed by atoms with Crippen LogP contribution in [0.15, 0.2) is 42.0 Å². The number of benzene rings is 1. The van der Waals surface area contributed by atoms with E-state index in [-0.39, 0.29) is 5.57 Å². The van der Waals surface area contributed by atoms with E-state index in [1.165, 1.54) is 0 Å². The molecule has 2 rings (SSSR count). The van der Waals surface area contributed by atoms with E-state index in [9.17, 15) is 0 Å². The van der Waals surface area contributed by atoms with Gasteiger partial charge in [-0.3, -0.25) is 0 Å². The van der Waals surface area contributed by atoms with Gasteiger partial charge >= 0.3 is 0 Å². The number of rotatable bonds is 4. The van der Waals surface area contributed by atoms with Crippen LogP contribution < -0.4 is 4.74 Å². The quantitative estimate of drug-likeness (QED) is 0.630. The minimum absolute atomic E-state index is 0.0827. The van der Waals surface area contributed by atoms with Crippen molar-refractivity contribution in [3.8, 4) is 17.9 Å². The second-order valence-electron chi connectivity index (χ2n) is 4.68. The predicted molar refractivity (Wildman–Crippen MR) is 82.7 cm³/mol. The smallest absolute Gasteiger partial charge is 0.129 e. The average Bonchev–Trinajstić information content (AvgIpc) is 2.60. The third-order valence-electron chi connectivity index (χ3n) is 3.39. The monoisotopic (exact) mass is 295 g/mol. The molecule has 1 saturated heterocycles. The van der Waals surface area contributed by atoms with Crippen molar-refractivity contribution >= 4 is 5.70 Å². The van der Waals surface area contributed by atoms with Crippen molar-refractivity contribution < 1.29 is 9.47 Å². The van der Waals surface area contributed by atoms with Crippen LogP contribution in [0.1, 0.15) is 5.56 Å². The lowest BCUT2D eigenvalue weighted by Gasteiger charge is -2.31. The highest BCUT2D eigenvalue weighted by molar-refractivity contribution is 5.67. The predicted octanol–water partition coefficient (Wildman–Crippen LogP) is 2.34. The van der Waals surface area contributed by atoms with Gasteiger partial charge in [0.05, 0.1) is 20.3 Å². The minimum atomic E-state index is 0.0827. The average molecular weight is 295 g/mol.